The third-order valence-electron chi connectivity index (χ3n) is 3.96. The normalized spacial score (nSPS) is 27.3. The molecule has 1 aromatic rings. The zero-order chi connectivity index (χ0) is 12.7. The third kappa shape index (κ3) is 1.68. The lowest BCUT2D eigenvalue weighted by Crippen LogP contribution is -2.51. The Balaban J connectivity index is 1.85. The molecule has 1 amide bonds. The second kappa shape index (κ2) is 4.28. The lowest BCUT2D eigenvalue weighted by Gasteiger charge is -2.37. The van der Waals surface area contributed by atoms with Crippen molar-refractivity contribution in [2.45, 2.75) is 31.4 Å². The second-order valence-electron chi connectivity index (χ2n) is 4.97. The topological polar surface area (TPSA) is 73.4 Å². The molecule has 2 aliphatic rings. The van der Waals surface area contributed by atoms with Crippen LogP contribution in [0.5, 0.6) is 0 Å². The number of nitrogen functional groups attached to an aromatic ring is 1. The van der Waals surface area contributed by atoms with Crippen molar-refractivity contribution in [3.8, 4) is 0 Å². The third-order valence-corrected chi connectivity index (χ3v) is 3.96. The van der Waals surface area contributed by atoms with E-state index in [1.54, 1.807) is 13.2 Å². The Kier molecular flexibility index (Phi) is 2.74. The molecule has 1 aromatic heterocycles. The highest BCUT2D eigenvalue weighted by molar-refractivity contribution is 5.98. The number of hydrogen-bond donors (Lipinski definition) is 1. The lowest BCUT2D eigenvalue weighted by molar-refractivity contribution is -0.0445. The Bertz CT molecular complexity index is 471. The van der Waals surface area contributed by atoms with E-state index in [4.69, 9.17) is 10.5 Å². The quantitative estimate of drug-likeness (QED) is 0.782. The van der Waals surface area contributed by atoms with E-state index in [1.165, 1.54) is 4.68 Å². The van der Waals surface area contributed by atoms with E-state index in [0.717, 1.165) is 19.3 Å². The second-order valence-corrected chi connectivity index (χ2v) is 4.97. The number of amides is 1. The zero-order valence-corrected chi connectivity index (χ0v) is 10.5. The largest absolute Gasteiger partial charge is 0.383 e. The molecule has 1 saturated carbocycles. The van der Waals surface area contributed by atoms with Gasteiger partial charge in [0.1, 0.15) is 11.4 Å². The van der Waals surface area contributed by atoms with Crippen molar-refractivity contribution in [3.05, 3.63) is 11.8 Å². The first-order valence-corrected chi connectivity index (χ1v) is 6.38. The fourth-order valence-electron chi connectivity index (χ4n) is 2.94. The van der Waals surface area contributed by atoms with Gasteiger partial charge in [0.05, 0.1) is 24.9 Å². The molecule has 1 saturated heterocycles. The number of nitrogens with zero attached hydrogens (tertiary/aromatic N) is 3. The zero-order valence-electron chi connectivity index (χ0n) is 10.5. The minimum Gasteiger partial charge on any atom is -0.383 e. The molecule has 2 fully saturated rings. The highest BCUT2D eigenvalue weighted by atomic mass is 16.5. The van der Waals surface area contributed by atoms with Gasteiger partial charge in [-0.05, 0) is 19.3 Å². The molecule has 0 radical (unpaired) electrons. The van der Waals surface area contributed by atoms with Crippen LogP contribution in [0.4, 0.5) is 5.82 Å². The Hall–Kier alpha value is -1.56. The number of carbonyl (C=O) groups excluding carboxylic acids is 1. The predicted octanol–water partition coefficient (Wildman–Crippen LogP) is 0.396. The molecule has 18 heavy (non-hydrogen) atoms. The number of rotatable bonds is 1. The highest BCUT2D eigenvalue weighted by Gasteiger charge is 2.39. The molecule has 2 unspecified atom stereocenters. The van der Waals surface area contributed by atoms with Gasteiger partial charge >= 0.3 is 0 Å². The maximum Gasteiger partial charge on any atom is 0.259 e. The minimum atomic E-state index is -0.0131. The van der Waals surface area contributed by atoms with Gasteiger partial charge in [0.25, 0.3) is 5.91 Å². The molecule has 3 rings (SSSR count). The maximum absolute atomic E-state index is 12.5. The van der Waals surface area contributed by atoms with E-state index >= 15 is 0 Å². The first-order valence-electron chi connectivity index (χ1n) is 6.38. The number of carbonyl (C=O) groups is 1. The molecule has 2 heterocycles. The fourth-order valence-corrected chi connectivity index (χ4v) is 2.94. The monoisotopic (exact) mass is 250 g/mol. The van der Waals surface area contributed by atoms with Crippen molar-refractivity contribution in [1.82, 2.24) is 14.7 Å². The average molecular weight is 250 g/mol. The summed E-state index contributed by atoms with van der Waals surface area (Å²) in [5.74, 6) is 0.418. The van der Waals surface area contributed by atoms with Gasteiger partial charge < -0.3 is 15.4 Å². The van der Waals surface area contributed by atoms with Crippen LogP contribution in [-0.4, -0.2) is 45.9 Å². The first-order chi connectivity index (χ1) is 8.68. The molecule has 6 heteroatoms. The summed E-state index contributed by atoms with van der Waals surface area (Å²) in [5.41, 5.74) is 6.37. The van der Waals surface area contributed by atoms with Crippen LogP contribution < -0.4 is 5.73 Å². The van der Waals surface area contributed by atoms with Crippen LogP contribution in [0.1, 0.15) is 29.6 Å². The maximum atomic E-state index is 12.5. The van der Waals surface area contributed by atoms with Crippen LogP contribution in [0, 0.1) is 0 Å². The van der Waals surface area contributed by atoms with Crippen molar-refractivity contribution in [3.63, 3.8) is 0 Å². The van der Waals surface area contributed by atoms with E-state index in [0.29, 0.717) is 24.5 Å². The number of ether oxygens (including phenoxy) is 1. The van der Waals surface area contributed by atoms with Crippen molar-refractivity contribution in [2.75, 3.05) is 18.9 Å². The SMILES string of the molecule is Cn1ncc(C(=O)N2CCOC3CCCC32)c1N. The number of aromatic nitrogens is 2. The van der Waals surface area contributed by atoms with Gasteiger partial charge in [-0.1, -0.05) is 0 Å². The summed E-state index contributed by atoms with van der Waals surface area (Å²) in [6.07, 6.45) is 4.97. The predicted molar refractivity (Wildman–Crippen MR) is 66.0 cm³/mol. The summed E-state index contributed by atoms with van der Waals surface area (Å²) < 4.78 is 7.24. The molecule has 1 aliphatic carbocycles. The van der Waals surface area contributed by atoms with Gasteiger partial charge in [-0.2, -0.15) is 5.10 Å². The fraction of sp³-hybridized carbons (Fsp3) is 0.667. The standard InChI is InChI=1S/C12H18N4O2/c1-15-11(13)8(7-14-15)12(17)16-5-6-18-10-4-2-3-9(10)16/h7,9-10H,2-6,13H2,1H3. The summed E-state index contributed by atoms with van der Waals surface area (Å²) in [5, 5.41) is 4.03. The van der Waals surface area contributed by atoms with Crippen molar-refractivity contribution in [1.29, 1.82) is 0 Å². The van der Waals surface area contributed by atoms with Gasteiger partial charge in [0.2, 0.25) is 0 Å². The number of nitrogens with two attached hydrogens (primary N) is 1. The number of hydrogen-bond acceptors (Lipinski definition) is 4. The number of fused-ring (bicyclic) bond motifs is 1. The average Bonchev–Trinajstić information content (AvgIpc) is 2.96. The van der Waals surface area contributed by atoms with E-state index < -0.39 is 0 Å². The Morgan fingerprint density at radius 3 is 3.11 bits per heavy atom. The van der Waals surface area contributed by atoms with Crippen LogP contribution in [0.25, 0.3) is 0 Å². The number of anilines is 1. The molecule has 2 N–H and O–H groups in total. The van der Waals surface area contributed by atoms with Crippen LogP contribution >= 0.6 is 0 Å². The summed E-state index contributed by atoms with van der Waals surface area (Å²) >= 11 is 0. The van der Waals surface area contributed by atoms with Crippen molar-refractivity contribution < 1.29 is 9.53 Å². The Morgan fingerprint density at radius 1 is 1.56 bits per heavy atom. The summed E-state index contributed by atoms with van der Waals surface area (Å²) in [6.45, 7) is 1.27. The smallest absolute Gasteiger partial charge is 0.259 e. The van der Waals surface area contributed by atoms with Gasteiger partial charge in [-0.25, -0.2) is 0 Å². The number of aryl methyl sites for hydroxylation is 1. The molecule has 98 valence electrons. The van der Waals surface area contributed by atoms with E-state index in [9.17, 15) is 4.79 Å². The van der Waals surface area contributed by atoms with Crippen molar-refractivity contribution in [2.24, 2.45) is 7.05 Å². The molecule has 2 atom stereocenters. The molecule has 6 nitrogen and oxygen atoms in total. The summed E-state index contributed by atoms with van der Waals surface area (Å²) in [7, 11) is 1.74. The number of morpholine rings is 1. The minimum absolute atomic E-state index is 0.0131. The molecular weight excluding hydrogens is 232 g/mol. The van der Waals surface area contributed by atoms with Crippen LogP contribution in [0.3, 0.4) is 0 Å². The van der Waals surface area contributed by atoms with Gasteiger partial charge in [0, 0.05) is 13.6 Å². The van der Waals surface area contributed by atoms with Gasteiger partial charge in [-0.3, -0.25) is 9.48 Å². The van der Waals surface area contributed by atoms with E-state index in [1.807, 2.05) is 4.90 Å². The van der Waals surface area contributed by atoms with Gasteiger partial charge in [0.15, 0.2) is 0 Å². The van der Waals surface area contributed by atoms with E-state index in [-0.39, 0.29) is 18.1 Å². The molecule has 1 aliphatic heterocycles. The van der Waals surface area contributed by atoms with Crippen LogP contribution in [-0.2, 0) is 11.8 Å². The summed E-state index contributed by atoms with van der Waals surface area (Å²) in [4.78, 5) is 14.4. The van der Waals surface area contributed by atoms with Gasteiger partial charge in [-0.15, -0.1) is 0 Å². The van der Waals surface area contributed by atoms with E-state index in [2.05, 4.69) is 5.10 Å². The summed E-state index contributed by atoms with van der Waals surface area (Å²) in [6, 6.07) is 0.214. The molecular formula is C12H18N4O2. The van der Waals surface area contributed by atoms with Crippen molar-refractivity contribution >= 4 is 11.7 Å². The molecule has 0 aromatic carbocycles. The Morgan fingerprint density at radius 2 is 2.39 bits per heavy atom. The molecule has 0 spiro atoms. The highest BCUT2D eigenvalue weighted by Crippen LogP contribution is 2.31. The van der Waals surface area contributed by atoms with Crippen LogP contribution in [0.2, 0.25) is 0 Å². The first kappa shape index (κ1) is 11.5. The molecule has 0 bridgehead atoms. The Labute approximate surface area is 106 Å². The lowest BCUT2D eigenvalue weighted by atomic mass is 10.1. The van der Waals surface area contributed by atoms with Crippen LogP contribution in [0.15, 0.2) is 6.20 Å².